The van der Waals surface area contributed by atoms with Crippen molar-refractivity contribution in [2.75, 3.05) is 16.4 Å². The van der Waals surface area contributed by atoms with E-state index in [9.17, 15) is 18.0 Å². The number of carbonyl (C=O) groups is 1. The van der Waals surface area contributed by atoms with Gasteiger partial charge in [0.1, 0.15) is 17.9 Å². The molecule has 7 nitrogen and oxygen atoms in total. The van der Waals surface area contributed by atoms with E-state index in [0.29, 0.717) is 17.2 Å². The van der Waals surface area contributed by atoms with Gasteiger partial charge in [0.15, 0.2) is 0 Å². The number of urea groups is 1. The number of nitrogens with two attached hydrogens (primary N) is 1. The van der Waals surface area contributed by atoms with Crippen LogP contribution < -0.4 is 21.1 Å². The van der Waals surface area contributed by atoms with Crippen molar-refractivity contribution in [3.8, 4) is 16.9 Å². The van der Waals surface area contributed by atoms with Gasteiger partial charge >= 0.3 is 12.4 Å². The Balaban J connectivity index is 1.42. The number of hydrogen-bond acceptors (Lipinski definition) is 4. The maximum absolute atomic E-state index is 12.2. The molecule has 158 valence electrons. The number of anilines is 3. The van der Waals surface area contributed by atoms with Crippen LogP contribution in [0.5, 0.6) is 5.75 Å². The summed E-state index contributed by atoms with van der Waals surface area (Å²) >= 11 is 0. The Kier molecular flexibility index (Phi) is 5.12. The fourth-order valence-electron chi connectivity index (χ4n) is 3.08. The normalized spacial score (nSPS) is 11.3. The minimum absolute atomic E-state index is 0.312. The molecule has 0 unspecified atom stereocenters. The number of nitrogens with one attached hydrogen (secondary N) is 2. The highest BCUT2D eigenvalue weighted by atomic mass is 19.4. The average Bonchev–Trinajstić information content (AvgIpc) is 3.10. The van der Waals surface area contributed by atoms with E-state index in [2.05, 4.69) is 20.4 Å². The first-order valence-corrected chi connectivity index (χ1v) is 9.04. The summed E-state index contributed by atoms with van der Waals surface area (Å²) in [5.74, 6) is 0.0479. The van der Waals surface area contributed by atoms with E-state index < -0.39 is 12.4 Å². The summed E-state index contributed by atoms with van der Waals surface area (Å²) in [6, 6.07) is 15.2. The number of nitrogen functional groups attached to an aromatic ring is 1. The Morgan fingerprint density at radius 1 is 0.968 bits per heavy atom. The Hall–Kier alpha value is -4.21. The van der Waals surface area contributed by atoms with Crippen LogP contribution in [0.1, 0.15) is 0 Å². The zero-order valence-electron chi connectivity index (χ0n) is 15.9. The molecule has 0 bridgehead atoms. The lowest BCUT2D eigenvalue weighted by atomic mass is 10.1. The number of imidazole rings is 1. The number of hydrogen-bond donors (Lipinski definition) is 3. The Bertz CT molecular complexity index is 1220. The van der Waals surface area contributed by atoms with Gasteiger partial charge in [-0.25, -0.2) is 9.78 Å². The van der Waals surface area contributed by atoms with Gasteiger partial charge in [0.2, 0.25) is 0 Å². The van der Waals surface area contributed by atoms with Crippen molar-refractivity contribution in [1.82, 2.24) is 9.38 Å². The summed E-state index contributed by atoms with van der Waals surface area (Å²) < 4.78 is 42.2. The number of ether oxygens (including phenoxy) is 1. The van der Waals surface area contributed by atoms with Gasteiger partial charge in [-0.1, -0.05) is 18.2 Å². The maximum atomic E-state index is 12.2. The van der Waals surface area contributed by atoms with Crippen molar-refractivity contribution in [2.24, 2.45) is 0 Å². The average molecular weight is 427 g/mol. The standard InChI is InChI=1S/C21H16F3N5O2/c22-21(23,24)31-16-9-7-15(8-10-16)28-20(30)27-14-5-3-13(4-6-14)17-2-1-11-29-12-26-19(25)18(17)29/h1-12H,25H2,(H2,27,28,30). The number of fused-ring (bicyclic) bond motifs is 1. The minimum atomic E-state index is -4.77. The van der Waals surface area contributed by atoms with E-state index in [0.717, 1.165) is 28.8 Å². The Morgan fingerprint density at radius 2 is 1.58 bits per heavy atom. The lowest BCUT2D eigenvalue weighted by Gasteiger charge is -2.11. The summed E-state index contributed by atoms with van der Waals surface area (Å²) in [5.41, 5.74) is 9.39. The van der Waals surface area contributed by atoms with Gasteiger partial charge in [-0.15, -0.1) is 13.2 Å². The lowest BCUT2D eigenvalue weighted by molar-refractivity contribution is -0.274. The monoisotopic (exact) mass is 427 g/mol. The number of alkyl halides is 3. The SMILES string of the molecule is Nc1ncn2cccc(-c3ccc(NC(=O)Nc4ccc(OC(F)(F)F)cc4)cc3)c12. The van der Waals surface area contributed by atoms with Crippen LogP contribution in [0.25, 0.3) is 16.6 Å². The van der Waals surface area contributed by atoms with E-state index in [1.165, 1.54) is 12.1 Å². The van der Waals surface area contributed by atoms with Crippen LogP contribution in [0.15, 0.2) is 73.2 Å². The fraction of sp³-hybridized carbons (Fsp3) is 0.0476. The van der Waals surface area contributed by atoms with Crippen LogP contribution in [0.2, 0.25) is 0 Å². The van der Waals surface area contributed by atoms with E-state index in [1.54, 1.807) is 18.5 Å². The first-order valence-electron chi connectivity index (χ1n) is 9.04. The minimum Gasteiger partial charge on any atom is -0.406 e. The molecular weight excluding hydrogens is 411 g/mol. The highest BCUT2D eigenvalue weighted by molar-refractivity contribution is 6.00. The number of aromatic nitrogens is 2. The smallest absolute Gasteiger partial charge is 0.406 e. The van der Waals surface area contributed by atoms with Crippen molar-refractivity contribution < 1.29 is 22.7 Å². The summed E-state index contributed by atoms with van der Waals surface area (Å²) in [6.07, 6.45) is -1.28. The first kappa shape index (κ1) is 20.1. The van der Waals surface area contributed by atoms with E-state index in [-0.39, 0.29) is 5.75 Å². The zero-order valence-corrected chi connectivity index (χ0v) is 15.9. The molecular formula is C21H16F3N5O2. The Morgan fingerprint density at radius 3 is 2.19 bits per heavy atom. The van der Waals surface area contributed by atoms with Gasteiger partial charge in [0.05, 0.1) is 5.52 Å². The van der Waals surface area contributed by atoms with E-state index in [1.807, 2.05) is 34.9 Å². The fourth-order valence-corrected chi connectivity index (χ4v) is 3.08. The zero-order chi connectivity index (χ0) is 22.0. The first-order chi connectivity index (χ1) is 14.8. The topological polar surface area (TPSA) is 93.7 Å². The quantitative estimate of drug-likeness (QED) is 0.421. The van der Waals surface area contributed by atoms with Crippen molar-refractivity contribution in [3.63, 3.8) is 0 Å². The molecule has 0 saturated carbocycles. The van der Waals surface area contributed by atoms with Gasteiger partial charge in [-0.3, -0.25) is 0 Å². The van der Waals surface area contributed by atoms with Crippen LogP contribution in [-0.2, 0) is 0 Å². The number of rotatable bonds is 4. The van der Waals surface area contributed by atoms with Gasteiger partial charge in [0, 0.05) is 23.1 Å². The number of carbonyl (C=O) groups excluding carboxylic acids is 1. The van der Waals surface area contributed by atoms with Gasteiger partial charge in [-0.2, -0.15) is 0 Å². The molecule has 4 rings (SSSR count). The molecule has 2 aromatic carbocycles. The van der Waals surface area contributed by atoms with Crippen LogP contribution in [0.3, 0.4) is 0 Å². The molecule has 0 radical (unpaired) electrons. The molecule has 10 heteroatoms. The van der Waals surface area contributed by atoms with Gasteiger partial charge < -0.3 is 25.5 Å². The Labute approximate surface area is 174 Å². The number of benzene rings is 2. The molecule has 2 heterocycles. The molecule has 4 aromatic rings. The third-order valence-corrected chi connectivity index (χ3v) is 4.39. The predicted octanol–water partition coefficient (Wildman–Crippen LogP) is 5.13. The molecule has 0 saturated heterocycles. The van der Waals surface area contributed by atoms with Gasteiger partial charge in [0.25, 0.3) is 0 Å². The van der Waals surface area contributed by atoms with Crippen molar-refractivity contribution >= 4 is 28.7 Å². The van der Waals surface area contributed by atoms with Crippen molar-refractivity contribution in [2.45, 2.75) is 6.36 Å². The van der Waals surface area contributed by atoms with Gasteiger partial charge in [-0.05, 0) is 48.0 Å². The number of amides is 2. The molecule has 4 N–H and O–H groups in total. The third-order valence-electron chi connectivity index (χ3n) is 4.39. The molecule has 0 aliphatic carbocycles. The number of halogens is 3. The van der Waals surface area contributed by atoms with Crippen molar-refractivity contribution in [1.29, 1.82) is 0 Å². The third kappa shape index (κ3) is 4.69. The molecule has 0 atom stereocenters. The lowest BCUT2D eigenvalue weighted by Crippen LogP contribution is -2.19. The van der Waals surface area contributed by atoms with Crippen molar-refractivity contribution in [3.05, 3.63) is 73.2 Å². The highest BCUT2D eigenvalue weighted by Crippen LogP contribution is 2.29. The predicted molar refractivity (Wildman–Crippen MR) is 111 cm³/mol. The summed E-state index contributed by atoms with van der Waals surface area (Å²) in [6.45, 7) is 0. The van der Waals surface area contributed by atoms with Crippen LogP contribution in [-0.4, -0.2) is 21.8 Å². The molecule has 31 heavy (non-hydrogen) atoms. The summed E-state index contributed by atoms with van der Waals surface area (Å²) in [5, 5.41) is 5.20. The second-order valence-corrected chi connectivity index (χ2v) is 6.54. The second kappa shape index (κ2) is 7.90. The molecule has 0 aliphatic rings. The summed E-state index contributed by atoms with van der Waals surface area (Å²) in [4.78, 5) is 16.3. The maximum Gasteiger partial charge on any atom is 0.573 e. The van der Waals surface area contributed by atoms with E-state index >= 15 is 0 Å². The van der Waals surface area contributed by atoms with Crippen LogP contribution >= 0.6 is 0 Å². The molecule has 0 spiro atoms. The van der Waals surface area contributed by atoms with Crippen LogP contribution in [0.4, 0.5) is 35.2 Å². The van der Waals surface area contributed by atoms with E-state index in [4.69, 9.17) is 5.73 Å². The highest BCUT2D eigenvalue weighted by Gasteiger charge is 2.30. The summed E-state index contributed by atoms with van der Waals surface area (Å²) in [7, 11) is 0. The molecule has 2 amide bonds. The molecule has 2 aromatic heterocycles. The second-order valence-electron chi connectivity index (χ2n) is 6.54. The van der Waals surface area contributed by atoms with Crippen LogP contribution in [0, 0.1) is 0 Å². The molecule has 0 fully saturated rings. The number of pyridine rings is 1. The largest absolute Gasteiger partial charge is 0.573 e. The number of nitrogens with zero attached hydrogens (tertiary/aromatic N) is 2. The molecule has 0 aliphatic heterocycles.